The van der Waals surface area contributed by atoms with Gasteiger partial charge in [0.1, 0.15) is 0 Å². The first-order chi connectivity index (χ1) is 6.74. The van der Waals surface area contributed by atoms with Crippen molar-refractivity contribution in [2.45, 2.75) is 13.0 Å². The van der Waals surface area contributed by atoms with Crippen LogP contribution in [0, 0.1) is 0 Å². The number of imidazole rings is 1. The first-order valence-corrected chi connectivity index (χ1v) is 4.08. The number of benzene rings is 1. The van der Waals surface area contributed by atoms with E-state index in [-0.39, 0.29) is 11.1 Å². The Morgan fingerprint density at radius 1 is 1.43 bits per heavy atom. The molecule has 0 radical (unpaired) electrons. The lowest BCUT2D eigenvalue weighted by Gasteiger charge is -2.06. The third kappa shape index (κ3) is 1.26. The number of fused-ring (bicyclic) bond motifs is 1. The molecule has 5 heteroatoms. The van der Waals surface area contributed by atoms with Crippen LogP contribution in [0.5, 0.6) is 0 Å². The molecule has 1 aromatic heterocycles. The topological polar surface area (TPSA) is 48.9 Å². The SMILES string of the molecule is OCc1c(C(F)F)ccc2[nH]cnc12. The van der Waals surface area contributed by atoms with Crippen LogP contribution in [-0.4, -0.2) is 15.1 Å². The summed E-state index contributed by atoms with van der Waals surface area (Å²) in [6.07, 6.45) is -1.17. The fourth-order valence-electron chi connectivity index (χ4n) is 1.45. The van der Waals surface area contributed by atoms with Crippen molar-refractivity contribution in [1.29, 1.82) is 0 Å². The molecule has 1 heterocycles. The van der Waals surface area contributed by atoms with Gasteiger partial charge in [-0.25, -0.2) is 13.8 Å². The van der Waals surface area contributed by atoms with Gasteiger partial charge in [0.2, 0.25) is 0 Å². The van der Waals surface area contributed by atoms with Crippen LogP contribution in [0.15, 0.2) is 18.5 Å². The van der Waals surface area contributed by atoms with Gasteiger partial charge in [0.15, 0.2) is 0 Å². The number of aromatic amines is 1. The van der Waals surface area contributed by atoms with Crippen molar-refractivity contribution in [3.8, 4) is 0 Å². The van der Waals surface area contributed by atoms with E-state index in [2.05, 4.69) is 9.97 Å². The number of hydrogen-bond acceptors (Lipinski definition) is 2. The van der Waals surface area contributed by atoms with Crippen molar-refractivity contribution in [3.05, 3.63) is 29.6 Å². The van der Waals surface area contributed by atoms with Crippen LogP contribution in [0.25, 0.3) is 11.0 Å². The molecule has 0 aliphatic carbocycles. The van der Waals surface area contributed by atoms with E-state index in [1.54, 1.807) is 0 Å². The largest absolute Gasteiger partial charge is 0.392 e. The summed E-state index contributed by atoms with van der Waals surface area (Å²) >= 11 is 0. The van der Waals surface area contributed by atoms with Gasteiger partial charge in [0, 0.05) is 11.1 Å². The van der Waals surface area contributed by atoms with Gasteiger partial charge in [-0.1, -0.05) is 6.07 Å². The molecule has 0 fully saturated rings. The van der Waals surface area contributed by atoms with Crippen molar-refractivity contribution in [2.75, 3.05) is 0 Å². The van der Waals surface area contributed by atoms with Crippen molar-refractivity contribution < 1.29 is 13.9 Å². The molecule has 0 spiro atoms. The number of alkyl halides is 2. The molecule has 14 heavy (non-hydrogen) atoms. The molecule has 74 valence electrons. The second kappa shape index (κ2) is 3.34. The number of hydrogen-bond donors (Lipinski definition) is 2. The first kappa shape index (κ1) is 9.08. The molecule has 2 rings (SSSR count). The summed E-state index contributed by atoms with van der Waals surface area (Å²) in [5, 5.41) is 9.00. The number of rotatable bonds is 2. The maximum Gasteiger partial charge on any atom is 0.264 e. The van der Waals surface area contributed by atoms with Gasteiger partial charge >= 0.3 is 0 Å². The lowest BCUT2D eigenvalue weighted by Crippen LogP contribution is -1.95. The summed E-state index contributed by atoms with van der Waals surface area (Å²) in [7, 11) is 0. The molecule has 0 aliphatic heterocycles. The highest BCUT2D eigenvalue weighted by Gasteiger charge is 2.15. The van der Waals surface area contributed by atoms with E-state index in [4.69, 9.17) is 5.11 Å². The van der Waals surface area contributed by atoms with Crippen LogP contribution < -0.4 is 0 Å². The summed E-state index contributed by atoms with van der Waals surface area (Å²) in [5.41, 5.74) is 1.09. The third-order valence-electron chi connectivity index (χ3n) is 2.13. The second-order valence-electron chi connectivity index (χ2n) is 2.89. The number of aliphatic hydroxyl groups is 1. The van der Waals surface area contributed by atoms with E-state index >= 15 is 0 Å². The van der Waals surface area contributed by atoms with Crippen LogP contribution >= 0.6 is 0 Å². The molecule has 0 unspecified atom stereocenters. The van der Waals surface area contributed by atoms with Gasteiger partial charge in [-0.3, -0.25) is 0 Å². The Hall–Kier alpha value is -1.49. The Morgan fingerprint density at radius 2 is 2.21 bits per heavy atom. The van der Waals surface area contributed by atoms with E-state index in [0.717, 1.165) is 0 Å². The van der Waals surface area contributed by atoms with Crippen LogP contribution in [0.3, 0.4) is 0 Å². The number of nitrogens with zero attached hydrogens (tertiary/aromatic N) is 1. The van der Waals surface area contributed by atoms with Crippen molar-refractivity contribution in [1.82, 2.24) is 9.97 Å². The average molecular weight is 198 g/mol. The summed E-state index contributed by atoms with van der Waals surface area (Å²) in [6.45, 7) is -0.429. The van der Waals surface area contributed by atoms with Gasteiger partial charge in [-0.2, -0.15) is 0 Å². The number of nitrogens with one attached hydrogen (secondary N) is 1. The minimum absolute atomic E-state index is 0.160. The molecule has 1 aromatic carbocycles. The quantitative estimate of drug-likeness (QED) is 0.775. The maximum atomic E-state index is 12.5. The summed E-state index contributed by atoms with van der Waals surface area (Å²) in [6, 6.07) is 2.83. The van der Waals surface area contributed by atoms with Crippen molar-refractivity contribution >= 4 is 11.0 Å². The molecule has 3 nitrogen and oxygen atoms in total. The molecule has 0 saturated heterocycles. The smallest absolute Gasteiger partial charge is 0.264 e. The number of aromatic nitrogens is 2. The highest BCUT2D eigenvalue weighted by Crippen LogP contribution is 2.27. The van der Waals surface area contributed by atoms with Crippen LogP contribution in [0.2, 0.25) is 0 Å². The van der Waals surface area contributed by atoms with Crippen molar-refractivity contribution in [2.24, 2.45) is 0 Å². The predicted molar refractivity (Wildman–Crippen MR) is 47.0 cm³/mol. The van der Waals surface area contributed by atoms with E-state index in [9.17, 15) is 8.78 Å². The van der Waals surface area contributed by atoms with E-state index in [1.165, 1.54) is 18.5 Å². The number of aliphatic hydroxyl groups excluding tert-OH is 1. The van der Waals surface area contributed by atoms with E-state index in [0.29, 0.717) is 11.0 Å². The zero-order valence-corrected chi connectivity index (χ0v) is 7.17. The molecule has 0 saturated carbocycles. The maximum absolute atomic E-state index is 12.5. The molecule has 0 aliphatic rings. The minimum atomic E-state index is -2.58. The molecular weight excluding hydrogens is 190 g/mol. The van der Waals surface area contributed by atoms with Crippen molar-refractivity contribution in [3.63, 3.8) is 0 Å². The standard InChI is InChI=1S/C9H8F2N2O/c10-9(11)5-1-2-7-8(6(5)3-14)13-4-12-7/h1-2,4,9,14H,3H2,(H,12,13). The van der Waals surface area contributed by atoms with Gasteiger partial charge in [0.05, 0.1) is 24.0 Å². The first-order valence-electron chi connectivity index (χ1n) is 4.08. The fourth-order valence-corrected chi connectivity index (χ4v) is 1.45. The monoisotopic (exact) mass is 198 g/mol. The fraction of sp³-hybridized carbons (Fsp3) is 0.222. The molecule has 2 N–H and O–H groups in total. The lowest BCUT2D eigenvalue weighted by molar-refractivity contribution is 0.147. The molecule has 2 aromatic rings. The molecule has 0 amide bonds. The summed E-state index contributed by atoms with van der Waals surface area (Å²) in [5.74, 6) is 0. The number of halogens is 2. The predicted octanol–water partition coefficient (Wildman–Crippen LogP) is 1.99. The second-order valence-corrected chi connectivity index (χ2v) is 2.89. The Labute approximate surface area is 78.4 Å². The molecular formula is C9H8F2N2O. The van der Waals surface area contributed by atoms with Crippen LogP contribution in [0.1, 0.15) is 17.6 Å². The highest BCUT2D eigenvalue weighted by molar-refractivity contribution is 5.79. The van der Waals surface area contributed by atoms with E-state index < -0.39 is 13.0 Å². The zero-order valence-electron chi connectivity index (χ0n) is 7.17. The molecule has 0 atom stereocenters. The van der Waals surface area contributed by atoms with Gasteiger partial charge in [-0.15, -0.1) is 0 Å². The molecule has 0 bridgehead atoms. The summed E-state index contributed by atoms with van der Waals surface area (Å²) < 4.78 is 25.0. The Bertz CT molecular complexity index is 453. The third-order valence-corrected chi connectivity index (χ3v) is 2.13. The Balaban J connectivity index is 2.72. The normalized spacial score (nSPS) is 11.4. The zero-order chi connectivity index (χ0) is 10.1. The van der Waals surface area contributed by atoms with Crippen LogP contribution in [0.4, 0.5) is 8.78 Å². The van der Waals surface area contributed by atoms with E-state index in [1.807, 2.05) is 0 Å². The Morgan fingerprint density at radius 3 is 2.86 bits per heavy atom. The lowest BCUT2D eigenvalue weighted by atomic mass is 10.1. The average Bonchev–Trinajstić information content (AvgIpc) is 2.63. The van der Waals surface area contributed by atoms with Gasteiger partial charge < -0.3 is 10.1 Å². The highest BCUT2D eigenvalue weighted by atomic mass is 19.3. The Kier molecular flexibility index (Phi) is 2.17. The minimum Gasteiger partial charge on any atom is -0.392 e. The number of H-pyrrole nitrogens is 1. The summed E-state index contributed by atoms with van der Waals surface area (Å²) in [4.78, 5) is 6.68. The van der Waals surface area contributed by atoms with Gasteiger partial charge in [0.25, 0.3) is 6.43 Å². The van der Waals surface area contributed by atoms with Gasteiger partial charge in [-0.05, 0) is 6.07 Å². The van der Waals surface area contributed by atoms with Crippen LogP contribution in [-0.2, 0) is 6.61 Å².